The highest BCUT2D eigenvalue weighted by Gasteiger charge is 2.10. The molecule has 4 N–H and O–H groups in total. The summed E-state index contributed by atoms with van der Waals surface area (Å²) in [6, 6.07) is 6.63. The molecule has 0 radical (unpaired) electrons. The number of benzene rings is 1. The van der Waals surface area contributed by atoms with Crippen molar-refractivity contribution in [2.75, 3.05) is 11.1 Å². The van der Waals surface area contributed by atoms with E-state index in [0.717, 1.165) is 4.47 Å². The van der Waals surface area contributed by atoms with Crippen LogP contribution < -0.4 is 11.1 Å². The molecule has 1 aromatic heterocycles. The van der Waals surface area contributed by atoms with E-state index >= 15 is 0 Å². The van der Waals surface area contributed by atoms with E-state index in [1.54, 1.807) is 18.2 Å². The Labute approximate surface area is 122 Å². The summed E-state index contributed by atoms with van der Waals surface area (Å²) < 4.78 is 0.774. The summed E-state index contributed by atoms with van der Waals surface area (Å²) in [4.78, 5) is 15.0. The number of carboxylic acids is 1. The molecule has 0 bridgehead atoms. The molecule has 0 saturated heterocycles. The zero-order valence-corrected chi connectivity index (χ0v) is 11.9. The molecule has 98 valence electrons. The van der Waals surface area contributed by atoms with Crippen LogP contribution in [0.1, 0.15) is 10.4 Å². The Balaban J connectivity index is 2.30. The van der Waals surface area contributed by atoms with Crippen LogP contribution in [0.25, 0.3) is 0 Å². The lowest BCUT2D eigenvalue weighted by molar-refractivity contribution is 0.0698. The largest absolute Gasteiger partial charge is 0.478 e. The first-order valence-corrected chi connectivity index (χ1v) is 6.35. The Morgan fingerprint density at radius 2 is 2.16 bits per heavy atom. The van der Waals surface area contributed by atoms with Crippen molar-refractivity contribution in [3.05, 3.63) is 45.5 Å². The number of pyridine rings is 1. The van der Waals surface area contributed by atoms with Gasteiger partial charge in [-0.3, -0.25) is 0 Å². The monoisotopic (exact) mass is 341 g/mol. The van der Waals surface area contributed by atoms with Gasteiger partial charge in [0.15, 0.2) is 0 Å². The van der Waals surface area contributed by atoms with Gasteiger partial charge < -0.3 is 16.2 Å². The SMILES string of the molecule is Nc1cnc(Nc2ccc(Br)c(Cl)c2)cc1C(=O)O. The maximum Gasteiger partial charge on any atom is 0.337 e. The number of nitrogens with two attached hydrogens (primary N) is 1. The van der Waals surface area contributed by atoms with Crippen molar-refractivity contribution in [1.29, 1.82) is 0 Å². The lowest BCUT2D eigenvalue weighted by Crippen LogP contribution is -2.05. The van der Waals surface area contributed by atoms with Crippen LogP contribution in [-0.4, -0.2) is 16.1 Å². The van der Waals surface area contributed by atoms with Crippen LogP contribution >= 0.6 is 27.5 Å². The highest BCUT2D eigenvalue weighted by Crippen LogP contribution is 2.27. The summed E-state index contributed by atoms with van der Waals surface area (Å²) in [6.07, 6.45) is 1.30. The minimum Gasteiger partial charge on any atom is -0.478 e. The maximum atomic E-state index is 11.0. The molecule has 1 heterocycles. The van der Waals surface area contributed by atoms with Gasteiger partial charge in [0.05, 0.1) is 22.5 Å². The number of nitrogens with zero attached hydrogens (tertiary/aromatic N) is 1. The standard InChI is InChI=1S/C12H9BrClN3O2/c13-8-2-1-6(3-9(8)14)17-11-4-7(12(18)19)10(15)5-16-11/h1-5H,15H2,(H,16,17)(H,18,19). The van der Waals surface area contributed by atoms with Crippen LogP contribution in [0.2, 0.25) is 5.02 Å². The average Bonchev–Trinajstić information content (AvgIpc) is 2.36. The van der Waals surface area contributed by atoms with Crippen LogP contribution in [-0.2, 0) is 0 Å². The quantitative estimate of drug-likeness (QED) is 0.794. The van der Waals surface area contributed by atoms with E-state index in [4.69, 9.17) is 22.4 Å². The van der Waals surface area contributed by atoms with Crippen molar-refractivity contribution in [3.63, 3.8) is 0 Å². The first-order valence-electron chi connectivity index (χ1n) is 5.18. The summed E-state index contributed by atoms with van der Waals surface area (Å²) in [7, 11) is 0. The number of halogens is 2. The molecule has 1 aromatic carbocycles. The highest BCUT2D eigenvalue weighted by molar-refractivity contribution is 9.10. The normalized spacial score (nSPS) is 10.2. The Kier molecular flexibility index (Phi) is 3.92. The topological polar surface area (TPSA) is 88.2 Å². The van der Waals surface area contributed by atoms with Gasteiger partial charge in [-0.05, 0) is 40.2 Å². The van der Waals surface area contributed by atoms with Gasteiger partial charge in [0.1, 0.15) is 5.82 Å². The Morgan fingerprint density at radius 3 is 2.79 bits per heavy atom. The second-order valence-electron chi connectivity index (χ2n) is 3.72. The summed E-state index contributed by atoms with van der Waals surface area (Å²) >= 11 is 9.25. The van der Waals surface area contributed by atoms with Gasteiger partial charge in [0.25, 0.3) is 0 Å². The molecule has 0 spiro atoms. The minimum atomic E-state index is -1.10. The van der Waals surface area contributed by atoms with E-state index in [0.29, 0.717) is 16.5 Å². The zero-order valence-electron chi connectivity index (χ0n) is 9.52. The van der Waals surface area contributed by atoms with Gasteiger partial charge in [0, 0.05) is 10.2 Å². The first kappa shape index (κ1) is 13.6. The second-order valence-corrected chi connectivity index (χ2v) is 4.98. The maximum absolute atomic E-state index is 11.0. The number of hydrogen-bond acceptors (Lipinski definition) is 4. The number of nitrogens with one attached hydrogen (secondary N) is 1. The number of carbonyl (C=O) groups is 1. The van der Waals surface area contributed by atoms with E-state index in [9.17, 15) is 4.79 Å². The Hall–Kier alpha value is -1.79. The molecule has 7 heteroatoms. The summed E-state index contributed by atoms with van der Waals surface area (Å²) in [5, 5.41) is 12.5. The fraction of sp³-hybridized carbons (Fsp3) is 0. The van der Waals surface area contributed by atoms with Gasteiger partial charge in [-0.2, -0.15) is 0 Å². The van der Waals surface area contributed by atoms with Crippen LogP contribution in [0.5, 0.6) is 0 Å². The molecule has 0 saturated carbocycles. The molecule has 0 fully saturated rings. The lowest BCUT2D eigenvalue weighted by Gasteiger charge is -2.08. The van der Waals surface area contributed by atoms with Crippen molar-refractivity contribution in [2.24, 2.45) is 0 Å². The predicted molar refractivity (Wildman–Crippen MR) is 78.0 cm³/mol. The molecular weight excluding hydrogens is 334 g/mol. The molecule has 5 nitrogen and oxygen atoms in total. The van der Waals surface area contributed by atoms with Crippen molar-refractivity contribution >= 4 is 50.7 Å². The van der Waals surface area contributed by atoms with E-state index in [-0.39, 0.29) is 11.3 Å². The molecule has 0 amide bonds. The number of aromatic nitrogens is 1. The molecule has 19 heavy (non-hydrogen) atoms. The van der Waals surface area contributed by atoms with Crippen LogP contribution in [0, 0.1) is 0 Å². The Bertz CT molecular complexity index is 649. The number of anilines is 3. The molecule has 0 atom stereocenters. The number of carboxylic acid groups (broad SMARTS) is 1. The van der Waals surface area contributed by atoms with Crippen LogP contribution in [0.3, 0.4) is 0 Å². The fourth-order valence-corrected chi connectivity index (χ4v) is 1.87. The second kappa shape index (κ2) is 5.46. The molecule has 2 aromatic rings. The van der Waals surface area contributed by atoms with E-state index in [1.165, 1.54) is 12.3 Å². The fourth-order valence-electron chi connectivity index (χ4n) is 1.44. The number of aromatic carboxylic acids is 1. The first-order chi connectivity index (χ1) is 8.97. The summed E-state index contributed by atoms with van der Waals surface area (Å²) in [5.74, 6) is -0.721. The van der Waals surface area contributed by atoms with Gasteiger partial charge in [0.2, 0.25) is 0 Å². The smallest absolute Gasteiger partial charge is 0.337 e. The van der Waals surface area contributed by atoms with Gasteiger partial charge >= 0.3 is 5.97 Å². The number of nitrogen functional groups attached to an aromatic ring is 1. The van der Waals surface area contributed by atoms with Crippen molar-refractivity contribution in [3.8, 4) is 0 Å². The molecular formula is C12H9BrClN3O2. The number of rotatable bonds is 3. The van der Waals surface area contributed by atoms with E-state index in [2.05, 4.69) is 26.2 Å². The molecule has 2 rings (SSSR count). The van der Waals surface area contributed by atoms with Gasteiger partial charge in [-0.15, -0.1) is 0 Å². The number of hydrogen-bond donors (Lipinski definition) is 3. The average molecular weight is 343 g/mol. The van der Waals surface area contributed by atoms with Gasteiger partial charge in [-0.25, -0.2) is 9.78 Å². The minimum absolute atomic E-state index is 0.000656. The summed E-state index contributed by atoms with van der Waals surface area (Å²) in [5.41, 5.74) is 6.34. The molecule has 0 aliphatic rings. The van der Waals surface area contributed by atoms with E-state index in [1.807, 2.05) is 0 Å². The highest BCUT2D eigenvalue weighted by atomic mass is 79.9. The third-order valence-electron chi connectivity index (χ3n) is 2.36. The lowest BCUT2D eigenvalue weighted by atomic mass is 10.2. The third-order valence-corrected chi connectivity index (χ3v) is 3.59. The zero-order chi connectivity index (χ0) is 14.0. The van der Waals surface area contributed by atoms with Gasteiger partial charge in [-0.1, -0.05) is 11.6 Å². The van der Waals surface area contributed by atoms with E-state index < -0.39 is 5.97 Å². The van der Waals surface area contributed by atoms with Crippen molar-refractivity contribution in [2.45, 2.75) is 0 Å². The van der Waals surface area contributed by atoms with Crippen LogP contribution in [0.4, 0.5) is 17.2 Å². The van der Waals surface area contributed by atoms with Crippen LogP contribution in [0.15, 0.2) is 34.9 Å². The third kappa shape index (κ3) is 3.15. The molecule has 0 unspecified atom stereocenters. The predicted octanol–water partition coefficient (Wildman–Crippen LogP) is 3.52. The molecule has 0 aliphatic heterocycles. The summed E-state index contributed by atoms with van der Waals surface area (Å²) in [6.45, 7) is 0. The van der Waals surface area contributed by atoms with Crippen molar-refractivity contribution < 1.29 is 9.90 Å². The van der Waals surface area contributed by atoms with Crippen molar-refractivity contribution in [1.82, 2.24) is 4.98 Å². The molecule has 0 aliphatic carbocycles. The Morgan fingerprint density at radius 1 is 1.42 bits per heavy atom.